The van der Waals surface area contributed by atoms with E-state index in [2.05, 4.69) is 18.8 Å². The van der Waals surface area contributed by atoms with Crippen molar-refractivity contribution in [3.05, 3.63) is 12.3 Å². The van der Waals surface area contributed by atoms with Crippen LogP contribution in [-0.2, 0) is 0 Å². The molecule has 2 nitrogen and oxygen atoms in total. The van der Waals surface area contributed by atoms with Crippen LogP contribution in [0.5, 0.6) is 0 Å². The summed E-state index contributed by atoms with van der Waals surface area (Å²) < 4.78 is 0. The molecule has 0 amide bonds. The monoisotopic (exact) mass is 140 g/mol. The quantitative estimate of drug-likeness (QED) is 0.471. The second-order valence-corrected chi connectivity index (χ2v) is 2.16. The highest BCUT2D eigenvalue weighted by atomic mass is 14.8. The molecule has 0 aliphatic rings. The van der Waals surface area contributed by atoms with Gasteiger partial charge in [-0.05, 0) is 12.8 Å². The third-order valence-electron chi connectivity index (χ3n) is 1.09. The van der Waals surface area contributed by atoms with Crippen LogP contribution in [0, 0.1) is 0 Å². The Hall–Kier alpha value is -0.790. The predicted molar refractivity (Wildman–Crippen MR) is 46.0 cm³/mol. The molecular weight excluding hydrogens is 124 g/mol. The van der Waals surface area contributed by atoms with Gasteiger partial charge in [-0.1, -0.05) is 19.9 Å². The fourth-order valence-electron chi connectivity index (χ4n) is 0.575. The molecule has 0 aliphatic carbocycles. The van der Waals surface area contributed by atoms with Crippen LogP contribution in [0.25, 0.3) is 0 Å². The van der Waals surface area contributed by atoms with Crippen molar-refractivity contribution in [3.63, 3.8) is 0 Å². The first-order valence-corrected chi connectivity index (χ1v) is 3.78. The topological polar surface area (TPSA) is 38.4 Å². The molecule has 0 rings (SSSR count). The van der Waals surface area contributed by atoms with Crippen LogP contribution < -0.4 is 5.73 Å². The number of hydrogen-bond donors (Lipinski definition) is 1. The van der Waals surface area contributed by atoms with Crippen molar-refractivity contribution < 1.29 is 0 Å². The van der Waals surface area contributed by atoms with Gasteiger partial charge in [0.2, 0.25) is 0 Å². The summed E-state index contributed by atoms with van der Waals surface area (Å²) in [5.41, 5.74) is 5.52. The second-order valence-electron chi connectivity index (χ2n) is 2.16. The van der Waals surface area contributed by atoms with Gasteiger partial charge in [-0.15, -0.1) is 0 Å². The molecule has 0 saturated carbocycles. The molecule has 0 saturated heterocycles. The Kier molecular flexibility index (Phi) is 5.83. The molecule has 0 aromatic heterocycles. The number of nitrogens with two attached hydrogens (primary N) is 1. The van der Waals surface area contributed by atoms with Crippen molar-refractivity contribution >= 4 is 5.84 Å². The van der Waals surface area contributed by atoms with Crippen molar-refractivity contribution in [1.82, 2.24) is 0 Å². The number of allylic oxidation sites excluding steroid dienone is 1. The first-order valence-electron chi connectivity index (χ1n) is 3.78. The average molecular weight is 140 g/mol. The maximum Gasteiger partial charge on any atom is 0.0988 e. The van der Waals surface area contributed by atoms with E-state index in [1.807, 2.05) is 6.08 Å². The van der Waals surface area contributed by atoms with Crippen LogP contribution in [-0.4, -0.2) is 5.84 Å². The van der Waals surface area contributed by atoms with Crippen LogP contribution in [0.2, 0.25) is 0 Å². The van der Waals surface area contributed by atoms with Crippen LogP contribution in [0.3, 0.4) is 0 Å². The van der Waals surface area contributed by atoms with E-state index >= 15 is 0 Å². The summed E-state index contributed by atoms with van der Waals surface area (Å²) in [7, 11) is 0. The lowest BCUT2D eigenvalue weighted by Crippen LogP contribution is -2.09. The molecule has 10 heavy (non-hydrogen) atoms. The summed E-state index contributed by atoms with van der Waals surface area (Å²) in [4.78, 5) is 4.02. The van der Waals surface area contributed by atoms with Crippen molar-refractivity contribution in [2.75, 3.05) is 0 Å². The third kappa shape index (κ3) is 5.35. The average Bonchev–Trinajstić information content (AvgIpc) is 1.89. The van der Waals surface area contributed by atoms with Gasteiger partial charge in [0.05, 0.1) is 5.84 Å². The lowest BCUT2D eigenvalue weighted by molar-refractivity contribution is 0.982. The van der Waals surface area contributed by atoms with Crippen molar-refractivity contribution in [2.45, 2.75) is 33.1 Å². The van der Waals surface area contributed by atoms with Crippen molar-refractivity contribution in [1.29, 1.82) is 0 Å². The van der Waals surface area contributed by atoms with Gasteiger partial charge in [0.1, 0.15) is 0 Å². The normalized spacial score (nSPS) is 12.8. The highest BCUT2D eigenvalue weighted by molar-refractivity contribution is 5.80. The van der Waals surface area contributed by atoms with E-state index in [4.69, 9.17) is 5.73 Å². The number of nitrogens with zero attached hydrogens (tertiary/aromatic N) is 1. The molecule has 2 heteroatoms. The van der Waals surface area contributed by atoms with Gasteiger partial charge in [0.25, 0.3) is 0 Å². The van der Waals surface area contributed by atoms with Crippen LogP contribution in [0.4, 0.5) is 0 Å². The van der Waals surface area contributed by atoms with Gasteiger partial charge < -0.3 is 5.73 Å². The van der Waals surface area contributed by atoms with E-state index < -0.39 is 0 Å². The summed E-state index contributed by atoms with van der Waals surface area (Å²) in [6, 6.07) is 0. The summed E-state index contributed by atoms with van der Waals surface area (Å²) in [6.45, 7) is 4.16. The summed E-state index contributed by atoms with van der Waals surface area (Å²) >= 11 is 0. The molecular formula is C8H16N2. The van der Waals surface area contributed by atoms with Gasteiger partial charge >= 0.3 is 0 Å². The third-order valence-corrected chi connectivity index (χ3v) is 1.09. The molecule has 0 spiro atoms. The molecule has 0 aliphatic heterocycles. The standard InChI is InChI=1S/C8H16N2/c1-3-5-7-10-8(9)6-4-2/h5,7H,3-4,6H2,1-2H3,(H2,9,10). The molecule has 0 radical (unpaired) electrons. The van der Waals surface area contributed by atoms with Gasteiger partial charge in [0.15, 0.2) is 0 Å². The number of amidine groups is 1. The summed E-state index contributed by atoms with van der Waals surface area (Å²) in [5.74, 6) is 0.729. The Labute approximate surface area is 62.8 Å². The van der Waals surface area contributed by atoms with Crippen LogP contribution in [0.1, 0.15) is 33.1 Å². The minimum absolute atomic E-state index is 0.729. The first kappa shape index (κ1) is 9.21. The van der Waals surface area contributed by atoms with E-state index in [1.54, 1.807) is 6.20 Å². The summed E-state index contributed by atoms with van der Waals surface area (Å²) in [5, 5.41) is 0. The fraction of sp³-hybridized carbons (Fsp3) is 0.625. The molecule has 0 heterocycles. The van der Waals surface area contributed by atoms with Gasteiger partial charge in [0, 0.05) is 12.6 Å². The van der Waals surface area contributed by atoms with Crippen LogP contribution >= 0.6 is 0 Å². The Morgan fingerprint density at radius 2 is 2.20 bits per heavy atom. The van der Waals surface area contributed by atoms with E-state index in [9.17, 15) is 0 Å². The van der Waals surface area contributed by atoms with E-state index in [-0.39, 0.29) is 0 Å². The Bertz CT molecular complexity index is 125. The molecule has 0 atom stereocenters. The Morgan fingerprint density at radius 1 is 1.50 bits per heavy atom. The summed E-state index contributed by atoms with van der Waals surface area (Å²) in [6.07, 6.45) is 6.74. The van der Waals surface area contributed by atoms with Gasteiger partial charge in [-0.25, -0.2) is 4.99 Å². The minimum atomic E-state index is 0.729. The zero-order chi connectivity index (χ0) is 7.82. The van der Waals surface area contributed by atoms with Gasteiger partial charge in [-0.2, -0.15) is 0 Å². The van der Waals surface area contributed by atoms with Crippen molar-refractivity contribution in [2.24, 2.45) is 10.7 Å². The molecule has 58 valence electrons. The second kappa shape index (κ2) is 6.33. The first-order chi connectivity index (χ1) is 4.81. The molecule has 2 N–H and O–H groups in total. The van der Waals surface area contributed by atoms with Crippen molar-refractivity contribution in [3.8, 4) is 0 Å². The van der Waals surface area contributed by atoms with E-state index in [1.165, 1.54) is 0 Å². The van der Waals surface area contributed by atoms with E-state index in [0.717, 1.165) is 25.1 Å². The van der Waals surface area contributed by atoms with Crippen LogP contribution in [0.15, 0.2) is 17.3 Å². The highest BCUT2D eigenvalue weighted by Crippen LogP contribution is 1.88. The SMILES string of the molecule is CCC=CN=C(N)CCC. The zero-order valence-corrected chi connectivity index (χ0v) is 6.80. The molecule has 0 bridgehead atoms. The Balaban J connectivity index is 3.56. The van der Waals surface area contributed by atoms with E-state index in [0.29, 0.717) is 0 Å². The number of hydrogen-bond acceptors (Lipinski definition) is 1. The maximum atomic E-state index is 5.52. The zero-order valence-electron chi connectivity index (χ0n) is 6.80. The largest absolute Gasteiger partial charge is 0.387 e. The molecule has 0 fully saturated rings. The predicted octanol–water partition coefficient (Wildman–Crippen LogP) is 2.07. The maximum absolute atomic E-state index is 5.52. The lowest BCUT2D eigenvalue weighted by Gasteiger charge is -1.91. The number of rotatable bonds is 4. The molecule has 0 unspecified atom stereocenters. The molecule has 0 aromatic carbocycles. The van der Waals surface area contributed by atoms with Gasteiger partial charge in [-0.3, -0.25) is 0 Å². The lowest BCUT2D eigenvalue weighted by atomic mass is 10.3. The highest BCUT2D eigenvalue weighted by Gasteiger charge is 1.84. The molecule has 0 aromatic rings. The fourth-order valence-corrected chi connectivity index (χ4v) is 0.575. The Morgan fingerprint density at radius 3 is 2.70 bits per heavy atom. The smallest absolute Gasteiger partial charge is 0.0988 e. The number of aliphatic imine (C=N–C) groups is 1. The minimum Gasteiger partial charge on any atom is -0.387 e.